The van der Waals surface area contributed by atoms with Gasteiger partial charge in [0.05, 0.1) is 6.42 Å². The minimum Gasteiger partial charge on any atom is -0.480 e. The van der Waals surface area contributed by atoms with Gasteiger partial charge in [0.25, 0.3) is 0 Å². The molecule has 0 aromatic heterocycles. The predicted octanol–water partition coefficient (Wildman–Crippen LogP) is 1.39. The normalized spacial score (nSPS) is 11.1. The van der Waals surface area contributed by atoms with Gasteiger partial charge in [-0.15, -0.1) is 0 Å². The number of hydrogen-bond acceptors (Lipinski definition) is 6. The summed E-state index contributed by atoms with van der Waals surface area (Å²) in [7, 11) is 0. The number of hydrogen-bond donors (Lipinski definition) is 5. The summed E-state index contributed by atoms with van der Waals surface area (Å²) in [6, 6.07) is 13.7. The first-order valence-corrected chi connectivity index (χ1v) is 9.70. The van der Waals surface area contributed by atoms with Crippen molar-refractivity contribution in [2.45, 2.75) is 31.9 Å². The minimum atomic E-state index is -1.46. The molecule has 10 nitrogen and oxygen atoms in total. The molecular formula is C22H24N4O6. The Morgan fingerprint density at radius 2 is 1.59 bits per heavy atom. The Morgan fingerprint density at radius 1 is 0.969 bits per heavy atom. The molecule has 0 aliphatic heterocycles. The quantitative estimate of drug-likeness (QED) is 0.199. The van der Waals surface area contributed by atoms with E-state index in [-0.39, 0.29) is 25.3 Å². The van der Waals surface area contributed by atoms with E-state index in [2.05, 4.69) is 10.6 Å². The molecule has 2 aromatic carbocycles. The van der Waals surface area contributed by atoms with Crippen LogP contribution in [0.2, 0.25) is 0 Å². The summed E-state index contributed by atoms with van der Waals surface area (Å²) in [4.78, 5) is 47.4. The zero-order chi connectivity index (χ0) is 23.5. The summed E-state index contributed by atoms with van der Waals surface area (Å²) in [5.41, 5.74) is 7.08. The second-order valence-electron chi connectivity index (χ2n) is 6.85. The van der Waals surface area contributed by atoms with Crippen molar-refractivity contribution in [3.63, 3.8) is 0 Å². The summed E-state index contributed by atoms with van der Waals surface area (Å²) < 4.78 is 5.04. The number of rotatable bonds is 11. The Morgan fingerprint density at radius 3 is 2.19 bits per heavy atom. The Balaban J connectivity index is 1.76. The first kappa shape index (κ1) is 24.1. The molecule has 10 heteroatoms. The van der Waals surface area contributed by atoms with Crippen LogP contribution in [0.5, 0.6) is 0 Å². The van der Waals surface area contributed by atoms with E-state index >= 15 is 0 Å². The number of benzene rings is 2. The van der Waals surface area contributed by atoms with Crippen LogP contribution in [0, 0.1) is 5.41 Å². The number of carboxylic acids is 1. The van der Waals surface area contributed by atoms with E-state index in [1.165, 1.54) is 0 Å². The number of nitrogens with one attached hydrogen (secondary N) is 3. The fourth-order valence-corrected chi connectivity index (χ4v) is 2.61. The summed E-state index contributed by atoms with van der Waals surface area (Å²) in [6.07, 6.45) is -0.992. The number of amides is 2. The van der Waals surface area contributed by atoms with E-state index < -0.39 is 36.2 Å². The molecule has 2 aromatic rings. The molecule has 2 amide bonds. The molecule has 168 valence electrons. The number of amidine groups is 1. The lowest BCUT2D eigenvalue weighted by Gasteiger charge is -2.14. The SMILES string of the molecule is N=C(N)c1ccc(NC(=O)CCC(=O)N[C@@H](CC(=O)OCc2ccccc2)C(=O)O)cc1. The van der Waals surface area contributed by atoms with Crippen molar-refractivity contribution in [1.82, 2.24) is 5.32 Å². The van der Waals surface area contributed by atoms with Gasteiger partial charge in [-0.25, -0.2) is 4.79 Å². The van der Waals surface area contributed by atoms with Crippen molar-refractivity contribution in [1.29, 1.82) is 5.41 Å². The van der Waals surface area contributed by atoms with Gasteiger partial charge in [0.1, 0.15) is 18.5 Å². The van der Waals surface area contributed by atoms with Gasteiger partial charge in [-0.3, -0.25) is 19.8 Å². The minimum absolute atomic E-state index is 0.00642. The fourth-order valence-electron chi connectivity index (χ4n) is 2.61. The Hall–Kier alpha value is -4.21. The van der Waals surface area contributed by atoms with Crippen molar-refractivity contribution in [2.75, 3.05) is 5.32 Å². The van der Waals surface area contributed by atoms with E-state index in [1.54, 1.807) is 48.5 Å². The van der Waals surface area contributed by atoms with Crippen molar-refractivity contribution < 1.29 is 29.0 Å². The average Bonchev–Trinajstić information content (AvgIpc) is 2.77. The maximum Gasteiger partial charge on any atom is 0.326 e. The van der Waals surface area contributed by atoms with Crippen LogP contribution in [0.15, 0.2) is 54.6 Å². The van der Waals surface area contributed by atoms with E-state index in [1.807, 2.05) is 6.07 Å². The lowest BCUT2D eigenvalue weighted by Crippen LogP contribution is -2.42. The molecule has 0 saturated heterocycles. The number of nitrogen functional groups attached to an aromatic ring is 1. The summed E-state index contributed by atoms with van der Waals surface area (Å²) in [5, 5.41) is 21.4. The van der Waals surface area contributed by atoms with Crippen LogP contribution in [-0.2, 0) is 30.5 Å². The molecule has 0 aliphatic rings. The van der Waals surface area contributed by atoms with Gasteiger partial charge in [0, 0.05) is 24.1 Å². The lowest BCUT2D eigenvalue weighted by atomic mass is 10.1. The van der Waals surface area contributed by atoms with Crippen molar-refractivity contribution in [3.05, 3.63) is 65.7 Å². The van der Waals surface area contributed by atoms with Crippen LogP contribution in [0.25, 0.3) is 0 Å². The van der Waals surface area contributed by atoms with Gasteiger partial charge in [0.15, 0.2) is 0 Å². The van der Waals surface area contributed by atoms with Crippen molar-refractivity contribution in [2.24, 2.45) is 5.73 Å². The molecule has 0 aliphatic carbocycles. The van der Waals surface area contributed by atoms with Crippen molar-refractivity contribution >= 4 is 35.3 Å². The highest BCUT2D eigenvalue weighted by molar-refractivity contribution is 5.97. The van der Waals surface area contributed by atoms with Gasteiger partial charge in [0.2, 0.25) is 11.8 Å². The molecule has 0 saturated carbocycles. The topological polar surface area (TPSA) is 172 Å². The van der Waals surface area contributed by atoms with Crippen LogP contribution in [0.1, 0.15) is 30.4 Å². The fraction of sp³-hybridized carbons (Fsp3) is 0.227. The molecule has 0 fully saturated rings. The molecule has 2 rings (SSSR count). The van der Waals surface area contributed by atoms with Gasteiger partial charge in [-0.1, -0.05) is 30.3 Å². The smallest absolute Gasteiger partial charge is 0.326 e. The maximum atomic E-state index is 12.1. The van der Waals surface area contributed by atoms with E-state index in [4.69, 9.17) is 15.9 Å². The summed E-state index contributed by atoms with van der Waals surface area (Å²) >= 11 is 0. The highest BCUT2D eigenvalue weighted by Crippen LogP contribution is 2.10. The predicted molar refractivity (Wildman–Crippen MR) is 116 cm³/mol. The van der Waals surface area contributed by atoms with Gasteiger partial charge in [-0.2, -0.15) is 0 Å². The number of carbonyl (C=O) groups is 4. The third-order valence-electron chi connectivity index (χ3n) is 4.31. The van der Waals surface area contributed by atoms with E-state index in [0.29, 0.717) is 11.3 Å². The third-order valence-corrected chi connectivity index (χ3v) is 4.31. The van der Waals surface area contributed by atoms with Crippen molar-refractivity contribution in [3.8, 4) is 0 Å². The van der Waals surface area contributed by atoms with Crippen LogP contribution in [-0.4, -0.2) is 40.7 Å². The third kappa shape index (κ3) is 8.27. The number of nitrogens with two attached hydrogens (primary N) is 1. The number of anilines is 1. The van der Waals surface area contributed by atoms with Gasteiger partial charge in [-0.05, 0) is 29.8 Å². The zero-order valence-corrected chi connectivity index (χ0v) is 17.2. The molecular weight excluding hydrogens is 416 g/mol. The molecule has 0 heterocycles. The second-order valence-corrected chi connectivity index (χ2v) is 6.85. The first-order chi connectivity index (χ1) is 15.2. The van der Waals surface area contributed by atoms with Crippen LogP contribution >= 0.6 is 0 Å². The van der Waals surface area contributed by atoms with Crippen LogP contribution in [0.3, 0.4) is 0 Å². The van der Waals surface area contributed by atoms with Gasteiger partial charge < -0.3 is 26.2 Å². The monoisotopic (exact) mass is 440 g/mol. The number of esters is 1. The second kappa shape index (κ2) is 11.8. The molecule has 0 spiro atoms. The summed E-state index contributed by atoms with van der Waals surface area (Å²) in [6.45, 7) is -0.00642. The van der Waals surface area contributed by atoms with Gasteiger partial charge >= 0.3 is 11.9 Å². The van der Waals surface area contributed by atoms with Crippen LogP contribution in [0.4, 0.5) is 5.69 Å². The number of carbonyl (C=O) groups excluding carboxylic acids is 3. The summed E-state index contributed by atoms with van der Waals surface area (Å²) in [5.74, 6) is -3.39. The molecule has 1 atom stereocenters. The number of aliphatic carboxylic acids is 1. The highest BCUT2D eigenvalue weighted by Gasteiger charge is 2.24. The molecule has 0 bridgehead atoms. The first-order valence-electron chi connectivity index (χ1n) is 9.70. The Labute approximate surface area is 184 Å². The van der Waals surface area contributed by atoms with E-state index in [0.717, 1.165) is 5.56 Å². The molecule has 6 N–H and O–H groups in total. The highest BCUT2D eigenvalue weighted by atomic mass is 16.5. The maximum absolute atomic E-state index is 12.1. The largest absolute Gasteiger partial charge is 0.480 e. The standard InChI is InChI=1S/C22H24N4O6/c23-21(24)15-6-8-16(9-7-15)25-18(27)10-11-19(28)26-17(22(30)31)12-20(29)32-13-14-4-2-1-3-5-14/h1-9,17H,10-13H2,(H3,23,24)(H,25,27)(H,26,28)(H,30,31)/t17-/m0/s1. The van der Waals surface area contributed by atoms with Crippen LogP contribution < -0.4 is 16.4 Å². The Kier molecular flexibility index (Phi) is 8.91. The number of carboxylic acid groups (broad SMARTS) is 1. The zero-order valence-electron chi connectivity index (χ0n) is 17.2. The number of ether oxygens (including phenoxy) is 1. The molecule has 0 radical (unpaired) electrons. The average molecular weight is 440 g/mol. The molecule has 0 unspecified atom stereocenters. The Bertz CT molecular complexity index is 976. The lowest BCUT2D eigenvalue weighted by molar-refractivity contribution is -0.151. The van der Waals surface area contributed by atoms with E-state index in [9.17, 15) is 24.3 Å². The molecule has 32 heavy (non-hydrogen) atoms.